The van der Waals surface area contributed by atoms with E-state index in [9.17, 15) is 4.79 Å². The summed E-state index contributed by atoms with van der Waals surface area (Å²) in [4.78, 5) is 31.9. The molecule has 0 spiro atoms. The molecule has 3 aromatic rings. The van der Waals surface area contributed by atoms with Crippen LogP contribution in [0.15, 0.2) is 24.8 Å². The van der Waals surface area contributed by atoms with Crippen molar-refractivity contribution >= 4 is 17.6 Å². The lowest BCUT2D eigenvalue weighted by atomic mass is 10.0. The molecule has 1 fully saturated rings. The van der Waals surface area contributed by atoms with Crippen molar-refractivity contribution in [2.45, 2.75) is 45.6 Å². The molecular formula is C19H24N8O. The molecule has 1 N–H and O–H groups in total. The largest absolute Gasteiger partial charge is 0.352 e. The smallest absolute Gasteiger partial charge is 0.252 e. The van der Waals surface area contributed by atoms with E-state index in [2.05, 4.69) is 35.3 Å². The molecule has 1 aliphatic rings. The standard InChI is InChI=1S/C19H24N8O/c1-13-16(14(2)27-19(24-13)22-12-23-27)6-7-17(28)25-15-5-3-10-26(11-15)18-20-8-4-9-21-18/h4,8-9,12,15H,3,5-7,10-11H2,1-2H3,(H,25,28). The molecule has 9 nitrogen and oxygen atoms in total. The Morgan fingerprint density at radius 1 is 1.25 bits per heavy atom. The molecule has 0 aromatic carbocycles. The minimum absolute atomic E-state index is 0.0540. The van der Waals surface area contributed by atoms with E-state index >= 15 is 0 Å². The van der Waals surface area contributed by atoms with E-state index in [-0.39, 0.29) is 11.9 Å². The normalized spacial score (nSPS) is 17.1. The van der Waals surface area contributed by atoms with Gasteiger partial charge in [-0.05, 0) is 44.7 Å². The highest BCUT2D eigenvalue weighted by Crippen LogP contribution is 2.17. The van der Waals surface area contributed by atoms with Crippen molar-refractivity contribution in [3.05, 3.63) is 41.7 Å². The quantitative estimate of drug-likeness (QED) is 0.711. The van der Waals surface area contributed by atoms with Crippen LogP contribution in [-0.2, 0) is 11.2 Å². The summed E-state index contributed by atoms with van der Waals surface area (Å²) < 4.78 is 1.72. The Labute approximate surface area is 163 Å². The van der Waals surface area contributed by atoms with E-state index in [1.165, 1.54) is 6.33 Å². The Kier molecular flexibility index (Phi) is 5.14. The summed E-state index contributed by atoms with van der Waals surface area (Å²) in [5, 5.41) is 7.37. The van der Waals surface area contributed by atoms with E-state index in [1.807, 2.05) is 19.9 Å². The first-order valence-electron chi connectivity index (χ1n) is 9.59. The molecule has 28 heavy (non-hydrogen) atoms. The number of aryl methyl sites for hydroxylation is 2. The van der Waals surface area contributed by atoms with Gasteiger partial charge < -0.3 is 10.2 Å². The molecule has 1 amide bonds. The molecule has 4 rings (SSSR count). The van der Waals surface area contributed by atoms with Gasteiger partial charge >= 0.3 is 0 Å². The highest BCUT2D eigenvalue weighted by Gasteiger charge is 2.23. The molecule has 4 heterocycles. The van der Waals surface area contributed by atoms with Crippen LogP contribution in [0.25, 0.3) is 5.78 Å². The number of nitrogens with one attached hydrogen (secondary N) is 1. The zero-order valence-electron chi connectivity index (χ0n) is 16.2. The molecule has 0 saturated carbocycles. The molecule has 1 atom stereocenters. The summed E-state index contributed by atoms with van der Waals surface area (Å²) in [5.41, 5.74) is 2.94. The fraction of sp³-hybridized carbons (Fsp3) is 0.474. The summed E-state index contributed by atoms with van der Waals surface area (Å²) in [5.74, 6) is 1.37. The third kappa shape index (κ3) is 3.78. The van der Waals surface area contributed by atoms with Gasteiger partial charge in [-0.3, -0.25) is 4.79 Å². The van der Waals surface area contributed by atoms with Crippen LogP contribution in [0.2, 0.25) is 0 Å². The van der Waals surface area contributed by atoms with E-state index in [1.54, 1.807) is 16.9 Å². The van der Waals surface area contributed by atoms with Crippen molar-refractivity contribution < 1.29 is 4.79 Å². The minimum Gasteiger partial charge on any atom is -0.352 e. The second-order valence-corrected chi connectivity index (χ2v) is 7.13. The first kappa shape index (κ1) is 18.3. The van der Waals surface area contributed by atoms with Crippen LogP contribution >= 0.6 is 0 Å². The minimum atomic E-state index is 0.0540. The maximum absolute atomic E-state index is 12.5. The van der Waals surface area contributed by atoms with Gasteiger partial charge in [-0.15, -0.1) is 0 Å². The lowest BCUT2D eigenvalue weighted by Crippen LogP contribution is -2.48. The Balaban J connectivity index is 1.36. The lowest BCUT2D eigenvalue weighted by molar-refractivity contribution is -0.121. The van der Waals surface area contributed by atoms with Crippen molar-refractivity contribution in [1.82, 2.24) is 34.9 Å². The molecule has 3 aromatic heterocycles. The fourth-order valence-electron chi connectivity index (χ4n) is 3.79. The van der Waals surface area contributed by atoms with E-state index < -0.39 is 0 Å². The SMILES string of the molecule is Cc1nc2ncnn2c(C)c1CCC(=O)NC1CCCN(c2ncccn2)C1. The van der Waals surface area contributed by atoms with Gasteiger partial charge in [0.25, 0.3) is 5.78 Å². The van der Waals surface area contributed by atoms with Crippen LogP contribution in [0.4, 0.5) is 5.95 Å². The molecule has 9 heteroatoms. The summed E-state index contributed by atoms with van der Waals surface area (Å²) in [6.45, 7) is 5.59. The molecule has 1 unspecified atom stereocenters. The van der Waals surface area contributed by atoms with Crippen LogP contribution in [0.3, 0.4) is 0 Å². The van der Waals surface area contributed by atoms with Crippen LogP contribution in [0.5, 0.6) is 0 Å². The zero-order valence-corrected chi connectivity index (χ0v) is 16.2. The zero-order chi connectivity index (χ0) is 19.5. The maximum Gasteiger partial charge on any atom is 0.252 e. The van der Waals surface area contributed by atoms with Crippen LogP contribution in [-0.4, -0.2) is 54.6 Å². The molecule has 0 aliphatic carbocycles. The Bertz CT molecular complexity index is 971. The Morgan fingerprint density at radius 3 is 2.89 bits per heavy atom. The Hall–Kier alpha value is -3.10. The predicted octanol–water partition coefficient (Wildman–Crippen LogP) is 1.25. The second-order valence-electron chi connectivity index (χ2n) is 7.13. The molecule has 1 aliphatic heterocycles. The van der Waals surface area contributed by atoms with Crippen molar-refractivity contribution in [3.8, 4) is 0 Å². The molecule has 1 saturated heterocycles. The number of carbonyl (C=O) groups is 1. The van der Waals surface area contributed by atoms with Gasteiger partial charge in [-0.25, -0.2) is 19.5 Å². The third-order valence-electron chi connectivity index (χ3n) is 5.21. The molecule has 0 bridgehead atoms. The van der Waals surface area contributed by atoms with Gasteiger partial charge in [0.05, 0.1) is 0 Å². The molecule has 0 radical (unpaired) electrons. The number of fused-ring (bicyclic) bond motifs is 1. The van der Waals surface area contributed by atoms with Gasteiger partial charge in [0.2, 0.25) is 11.9 Å². The number of hydrogen-bond acceptors (Lipinski definition) is 7. The second kappa shape index (κ2) is 7.87. The predicted molar refractivity (Wildman–Crippen MR) is 104 cm³/mol. The molecular weight excluding hydrogens is 356 g/mol. The summed E-state index contributed by atoms with van der Waals surface area (Å²) >= 11 is 0. The summed E-state index contributed by atoms with van der Waals surface area (Å²) in [6.07, 6.45) is 8.02. The highest BCUT2D eigenvalue weighted by atomic mass is 16.1. The van der Waals surface area contributed by atoms with Crippen LogP contribution < -0.4 is 10.2 Å². The van der Waals surface area contributed by atoms with Crippen molar-refractivity contribution in [2.75, 3.05) is 18.0 Å². The number of nitrogens with zero attached hydrogens (tertiary/aromatic N) is 7. The van der Waals surface area contributed by atoms with Crippen molar-refractivity contribution in [1.29, 1.82) is 0 Å². The van der Waals surface area contributed by atoms with Crippen LogP contribution in [0, 0.1) is 13.8 Å². The average molecular weight is 380 g/mol. The van der Waals surface area contributed by atoms with E-state index in [4.69, 9.17) is 0 Å². The van der Waals surface area contributed by atoms with E-state index in [0.29, 0.717) is 18.6 Å². The number of rotatable bonds is 5. The monoisotopic (exact) mass is 380 g/mol. The highest BCUT2D eigenvalue weighted by molar-refractivity contribution is 5.76. The number of piperidine rings is 1. The first-order chi connectivity index (χ1) is 13.6. The molecule has 146 valence electrons. The number of hydrogen-bond donors (Lipinski definition) is 1. The Morgan fingerprint density at radius 2 is 2.07 bits per heavy atom. The number of carbonyl (C=O) groups excluding carboxylic acids is 1. The summed E-state index contributed by atoms with van der Waals surface area (Å²) in [7, 11) is 0. The van der Waals surface area contributed by atoms with Gasteiger partial charge in [0.15, 0.2) is 0 Å². The van der Waals surface area contributed by atoms with Gasteiger partial charge in [-0.1, -0.05) is 0 Å². The fourth-order valence-corrected chi connectivity index (χ4v) is 3.79. The van der Waals surface area contributed by atoms with Crippen LogP contribution in [0.1, 0.15) is 36.2 Å². The maximum atomic E-state index is 12.5. The topological polar surface area (TPSA) is 101 Å². The average Bonchev–Trinajstić information content (AvgIpc) is 3.17. The van der Waals surface area contributed by atoms with Gasteiger partial charge in [-0.2, -0.15) is 10.1 Å². The van der Waals surface area contributed by atoms with E-state index in [0.717, 1.165) is 48.8 Å². The van der Waals surface area contributed by atoms with Crippen molar-refractivity contribution in [3.63, 3.8) is 0 Å². The number of amides is 1. The third-order valence-corrected chi connectivity index (χ3v) is 5.21. The number of anilines is 1. The first-order valence-corrected chi connectivity index (χ1v) is 9.59. The lowest BCUT2D eigenvalue weighted by Gasteiger charge is -2.33. The number of aromatic nitrogens is 6. The summed E-state index contributed by atoms with van der Waals surface area (Å²) in [6, 6.07) is 1.92. The van der Waals surface area contributed by atoms with Crippen molar-refractivity contribution in [2.24, 2.45) is 0 Å². The van der Waals surface area contributed by atoms with Gasteiger partial charge in [0, 0.05) is 49.3 Å². The van der Waals surface area contributed by atoms with Gasteiger partial charge in [0.1, 0.15) is 6.33 Å².